The number of benzene rings is 7. The predicted octanol–water partition coefficient (Wildman–Crippen LogP) is 11.4. The molecule has 1 aliphatic heterocycles. The van der Waals surface area contributed by atoms with Crippen LogP contribution in [0.3, 0.4) is 0 Å². The van der Waals surface area contributed by atoms with E-state index >= 15 is 0 Å². The van der Waals surface area contributed by atoms with Crippen molar-refractivity contribution in [2.75, 3.05) is 0 Å². The minimum atomic E-state index is -0.554. The van der Waals surface area contributed by atoms with Crippen LogP contribution in [-0.4, -0.2) is 18.3 Å². The second-order valence-electron chi connectivity index (χ2n) is 16.6. The Morgan fingerprint density at radius 3 is 1.44 bits per heavy atom. The van der Waals surface area contributed by atoms with Gasteiger partial charge in [0.25, 0.3) is 0 Å². The molecule has 0 N–H and O–H groups in total. The quantitative estimate of drug-likeness (QED) is 0.158. The Kier molecular flexibility index (Phi) is 5.93. The van der Waals surface area contributed by atoms with Crippen LogP contribution in [-0.2, 0) is 20.1 Å². The number of fused-ring (bicyclic) bond motifs is 19. The van der Waals surface area contributed by atoms with Gasteiger partial charge in [-0.15, -0.1) is 11.3 Å². The van der Waals surface area contributed by atoms with Crippen LogP contribution in [0, 0.1) is 0 Å². The van der Waals surface area contributed by atoms with E-state index in [2.05, 4.69) is 179 Å². The standard InChI is InChI=1S/C50H37BO2S/c1-47(2)48(3,4)53-51(52-47)30-25-26-39-34(27-30)35-29-46-36(33-17-7-14-24-45(33)54-46)28-44(35)50(39)42-22-12-10-20-40(42)49(41-21-11-13-23-43(41)50)37-18-8-5-15-31(37)32-16-6-9-19-38(32)49/h5-29H,1-4H3. The molecule has 0 amide bonds. The molecule has 2 spiro atoms. The minimum Gasteiger partial charge on any atom is -0.399 e. The molecule has 0 bridgehead atoms. The van der Waals surface area contributed by atoms with Crippen molar-refractivity contribution >= 4 is 44.1 Å². The lowest BCUT2D eigenvalue weighted by Crippen LogP contribution is -2.44. The fourth-order valence-electron chi connectivity index (χ4n) is 10.6. The van der Waals surface area contributed by atoms with E-state index in [9.17, 15) is 0 Å². The lowest BCUT2D eigenvalue weighted by atomic mass is 9.52. The molecule has 54 heavy (non-hydrogen) atoms. The summed E-state index contributed by atoms with van der Waals surface area (Å²) in [4.78, 5) is 0. The third-order valence-corrected chi connectivity index (χ3v) is 14.7. The maximum Gasteiger partial charge on any atom is 0.494 e. The molecular formula is C50H37BO2S. The molecule has 1 fully saturated rings. The van der Waals surface area contributed by atoms with Crippen LogP contribution in [0.1, 0.15) is 72.2 Å². The van der Waals surface area contributed by atoms with Crippen molar-refractivity contribution in [3.63, 3.8) is 0 Å². The van der Waals surface area contributed by atoms with Crippen molar-refractivity contribution in [3.05, 3.63) is 196 Å². The zero-order valence-corrected chi connectivity index (χ0v) is 31.6. The van der Waals surface area contributed by atoms with E-state index in [1.54, 1.807) is 0 Å². The molecule has 4 aliphatic rings. The molecule has 0 radical (unpaired) electrons. The Morgan fingerprint density at radius 1 is 0.389 bits per heavy atom. The number of hydrogen-bond acceptors (Lipinski definition) is 3. The van der Waals surface area contributed by atoms with Gasteiger partial charge in [0.05, 0.1) is 22.0 Å². The van der Waals surface area contributed by atoms with E-state index in [1.807, 2.05) is 11.3 Å². The maximum atomic E-state index is 6.67. The summed E-state index contributed by atoms with van der Waals surface area (Å²) < 4.78 is 16.0. The molecule has 0 atom stereocenters. The average molecular weight is 713 g/mol. The molecule has 4 heteroatoms. The topological polar surface area (TPSA) is 18.5 Å². The summed E-state index contributed by atoms with van der Waals surface area (Å²) in [7, 11) is -0.450. The Hall–Kier alpha value is -5.26. The van der Waals surface area contributed by atoms with Gasteiger partial charge in [-0.05, 0) is 118 Å². The highest BCUT2D eigenvalue weighted by Crippen LogP contribution is 2.67. The fraction of sp³-hybridized carbons (Fsp3) is 0.160. The fourth-order valence-corrected chi connectivity index (χ4v) is 11.8. The molecular weight excluding hydrogens is 675 g/mol. The largest absolute Gasteiger partial charge is 0.494 e. The van der Waals surface area contributed by atoms with Crippen LogP contribution in [0.25, 0.3) is 42.4 Å². The minimum absolute atomic E-state index is 0.428. The summed E-state index contributed by atoms with van der Waals surface area (Å²) >= 11 is 1.89. The smallest absolute Gasteiger partial charge is 0.399 e. The van der Waals surface area contributed by atoms with Crippen molar-refractivity contribution in [1.29, 1.82) is 0 Å². The molecule has 12 rings (SSSR count). The molecule has 8 aromatic rings. The Morgan fingerprint density at radius 2 is 0.852 bits per heavy atom. The maximum absolute atomic E-state index is 6.67. The summed E-state index contributed by atoms with van der Waals surface area (Å²) in [5, 5.41) is 2.64. The molecule has 7 aromatic carbocycles. The lowest BCUT2D eigenvalue weighted by molar-refractivity contribution is 0.00578. The van der Waals surface area contributed by atoms with Gasteiger partial charge in [0, 0.05) is 20.2 Å². The molecule has 1 aromatic heterocycles. The third kappa shape index (κ3) is 3.56. The van der Waals surface area contributed by atoms with Crippen LogP contribution >= 0.6 is 11.3 Å². The number of thiophene rings is 1. The van der Waals surface area contributed by atoms with Gasteiger partial charge in [0.2, 0.25) is 0 Å². The van der Waals surface area contributed by atoms with Gasteiger partial charge in [-0.1, -0.05) is 133 Å². The Bertz CT molecular complexity index is 2820. The van der Waals surface area contributed by atoms with Crippen LogP contribution < -0.4 is 5.46 Å². The first-order valence-electron chi connectivity index (χ1n) is 19.1. The second kappa shape index (κ2) is 10.3. The predicted molar refractivity (Wildman–Crippen MR) is 223 cm³/mol. The van der Waals surface area contributed by atoms with E-state index in [0.717, 1.165) is 5.46 Å². The van der Waals surface area contributed by atoms with Crippen LogP contribution in [0.4, 0.5) is 0 Å². The summed E-state index contributed by atoms with van der Waals surface area (Å²) in [6, 6.07) is 57.8. The molecule has 258 valence electrons. The second-order valence-corrected chi connectivity index (χ2v) is 17.7. The summed E-state index contributed by atoms with van der Waals surface area (Å²) in [6.07, 6.45) is 0. The zero-order valence-electron chi connectivity index (χ0n) is 30.7. The molecule has 1 saturated heterocycles. The molecule has 0 unspecified atom stereocenters. The molecule has 0 saturated carbocycles. The lowest BCUT2D eigenvalue weighted by Gasteiger charge is -2.48. The first kappa shape index (κ1) is 31.1. The van der Waals surface area contributed by atoms with Crippen molar-refractivity contribution < 1.29 is 9.31 Å². The zero-order chi connectivity index (χ0) is 36.2. The number of rotatable bonds is 1. The van der Waals surface area contributed by atoms with Gasteiger partial charge < -0.3 is 9.31 Å². The monoisotopic (exact) mass is 712 g/mol. The van der Waals surface area contributed by atoms with E-state index < -0.39 is 29.2 Å². The van der Waals surface area contributed by atoms with Gasteiger partial charge in [-0.3, -0.25) is 0 Å². The van der Waals surface area contributed by atoms with E-state index in [4.69, 9.17) is 9.31 Å². The van der Waals surface area contributed by atoms with Crippen molar-refractivity contribution in [3.8, 4) is 22.3 Å². The van der Waals surface area contributed by atoms with E-state index in [0.29, 0.717) is 0 Å². The van der Waals surface area contributed by atoms with Crippen molar-refractivity contribution in [2.24, 2.45) is 0 Å². The molecule has 3 aliphatic carbocycles. The normalized spacial score (nSPS) is 18.4. The van der Waals surface area contributed by atoms with Crippen LogP contribution in [0.2, 0.25) is 0 Å². The highest BCUT2D eigenvalue weighted by atomic mass is 32.1. The number of hydrogen-bond donors (Lipinski definition) is 0. The van der Waals surface area contributed by atoms with E-state index in [1.165, 1.54) is 86.9 Å². The Balaban J connectivity index is 1.22. The van der Waals surface area contributed by atoms with Crippen molar-refractivity contribution in [2.45, 2.75) is 49.7 Å². The van der Waals surface area contributed by atoms with Gasteiger partial charge in [0.1, 0.15) is 0 Å². The summed E-state index contributed by atoms with van der Waals surface area (Å²) in [6.45, 7) is 8.53. The highest BCUT2D eigenvalue weighted by Gasteiger charge is 2.59. The van der Waals surface area contributed by atoms with Gasteiger partial charge in [-0.25, -0.2) is 0 Å². The van der Waals surface area contributed by atoms with Crippen LogP contribution in [0.15, 0.2) is 152 Å². The Labute approximate surface area is 320 Å². The average Bonchev–Trinajstić information content (AvgIpc) is 3.86. The van der Waals surface area contributed by atoms with Gasteiger partial charge in [0.15, 0.2) is 0 Å². The van der Waals surface area contributed by atoms with Crippen LogP contribution in [0.5, 0.6) is 0 Å². The highest BCUT2D eigenvalue weighted by molar-refractivity contribution is 7.25. The van der Waals surface area contributed by atoms with Crippen molar-refractivity contribution in [1.82, 2.24) is 0 Å². The third-order valence-electron chi connectivity index (χ3n) is 13.6. The van der Waals surface area contributed by atoms with Gasteiger partial charge >= 0.3 is 7.12 Å². The van der Waals surface area contributed by atoms with E-state index in [-0.39, 0.29) is 0 Å². The molecule has 2 heterocycles. The first-order valence-corrected chi connectivity index (χ1v) is 19.9. The summed E-state index contributed by atoms with van der Waals surface area (Å²) in [5.41, 5.74) is 15.1. The molecule has 2 nitrogen and oxygen atoms in total. The SMILES string of the molecule is CC1(C)OB(c2ccc3c(c2)-c2cc4sc5ccccc5c4cc2C32c3ccccc3C3(c4ccccc4-c4ccccc43)c3ccccc32)OC1(C)C. The first-order chi connectivity index (χ1) is 26.2. The summed E-state index contributed by atoms with van der Waals surface area (Å²) in [5.74, 6) is 0. The van der Waals surface area contributed by atoms with Gasteiger partial charge in [-0.2, -0.15) is 0 Å².